The average molecular weight is 260 g/mol. The number of nitrogens with zero attached hydrogens (tertiary/aromatic N) is 1. The van der Waals surface area contributed by atoms with Crippen molar-refractivity contribution in [2.45, 2.75) is 26.4 Å². The lowest BCUT2D eigenvalue weighted by atomic mass is 9.99. The molecule has 0 unspecified atom stereocenters. The first-order valence-electron chi connectivity index (χ1n) is 5.93. The van der Waals surface area contributed by atoms with Crippen LogP contribution in [0.15, 0.2) is 29.4 Å². The van der Waals surface area contributed by atoms with E-state index in [1.165, 1.54) is 5.56 Å². The van der Waals surface area contributed by atoms with Crippen molar-refractivity contribution >= 4 is 28.6 Å². The number of halogens is 1. The van der Waals surface area contributed by atoms with Crippen LogP contribution in [0.2, 0.25) is 0 Å². The van der Waals surface area contributed by atoms with E-state index in [1.807, 2.05) is 38.3 Å². The Bertz CT molecular complexity index is 673. The van der Waals surface area contributed by atoms with Crippen LogP contribution in [0.4, 0.5) is 0 Å². The van der Waals surface area contributed by atoms with Gasteiger partial charge in [-0.2, -0.15) is 0 Å². The van der Waals surface area contributed by atoms with E-state index in [-0.39, 0.29) is 0 Å². The minimum absolute atomic E-state index is 0.460. The topological polar surface area (TPSA) is 22.1 Å². The zero-order valence-electron chi connectivity index (χ0n) is 10.6. The molecular weight excluding hydrogens is 246 g/mol. The summed E-state index contributed by atoms with van der Waals surface area (Å²) in [4.78, 5) is 4.38. The first-order valence-corrected chi connectivity index (χ1v) is 6.31. The third-order valence-electron chi connectivity index (χ3n) is 3.31. The molecular formula is C15H14ClNO. The van der Waals surface area contributed by atoms with Crippen molar-refractivity contribution in [2.75, 3.05) is 0 Å². The Morgan fingerprint density at radius 3 is 2.83 bits per heavy atom. The second-order valence-corrected chi connectivity index (χ2v) is 5.55. The highest BCUT2D eigenvalue weighted by Gasteiger charge is 2.29. The molecule has 3 rings (SSSR count). The zero-order chi connectivity index (χ0) is 12.9. The smallest absolute Gasteiger partial charge is 0.139 e. The fourth-order valence-corrected chi connectivity index (χ4v) is 2.32. The van der Waals surface area contributed by atoms with Crippen LogP contribution in [-0.4, -0.2) is 10.6 Å². The van der Waals surface area contributed by atoms with E-state index >= 15 is 0 Å². The number of benzene rings is 1. The predicted molar refractivity (Wildman–Crippen MR) is 75.0 cm³/mol. The molecule has 0 fully saturated rings. The standard InChI is InChI=1S/C15H14ClNO/c1-9-4-5-17-12-6-10-7-14(16)15(2,3)18-13(10)8-11(9)12/h4-8H,1-3H3. The summed E-state index contributed by atoms with van der Waals surface area (Å²) in [6.07, 6.45) is 3.78. The quantitative estimate of drug-likeness (QED) is 0.704. The first kappa shape index (κ1) is 11.5. The molecule has 0 saturated carbocycles. The van der Waals surface area contributed by atoms with Crippen LogP contribution in [0.25, 0.3) is 17.0 Å². The van der Waals surface area contributed by atoms with Crippen molar-refractivity contribution in [1.82, 2.24) is 4.98 Å². The van der Waals surface area contributed by atoms with Crippen LogP contribution in [0.3, 0.4) is 0 Å². The van der Waals surface area contributed by atoms with Crippen molar-refractivity contribution in [2.24, 2.45) is 0 Å². The van der Waals surface area contributed by atoms with Crippen LogP contribution in [0, 0.1) is 6.92 Å². The van der Waals surface area contributed by atoms with Crippen molar-refractivity contribution in [3.63, 3.8) is 0 Å². The predicted octanol–water partition coefficient (Wildman–Crippen LogP) is 4.29. The fourth-order valence-electron chi connectivity index (χ4n) is 2.16. The Kier molecular flexibility index (Phi) is 2.39. The van der Waals surface area contributed by atoms with E-state index in [9.17, 15) is 0 Å². The highest BCUT2D eigenvalue weighted by molar-refractivity contribution is 6.33. The number of ether oxygens (including phenoxy) is 1. The first-order chi connectivity index (χ1) is 8.47. The van der Waals surface area contributed by atoms with E-state index in [2.05, 4.69) is 18.0 Å². The maximum Gasteiger partial charge on any atom is 0.139 e. The average Bonchev–Trinajstić information content (AvgIpc) is 2.29. The molecule has 0 aliphatic carbocycles. The van der Waals surface area contributed by atoms with Gasteiger partial charge in [0.05, 0.1) is 10.5 Å². The molecule has 0 bridgehead atoms. The third-order valence-corrected chi connectivity index (χ3v) is 3.88. The molecule has 3 heteroatoms. The van der Waals surface area contributed by atoms with Gasteiger partial charge in [0.2, 0.25) is 0 Å². The molecule has 0 radical (unpaired) electrons. The molecule has 0 spiro atoms. The summed E-state index contributed by atoms with van der Waals surface area (Å²) >= 11 is 6.23. The van der Waals surface area contributed by atoms with Gasteiger partial charge >= 0.3 is 0 Å². The van der Waals surface area contributed by atoms with Gasteiger partial charge in [0, 0.05) is 17.1 Å². The molecule has 1 aliphatic rings. The Morgan fingerprint density at radius 2 is 2.06 bits per heavy atom. The largest absolute Gasteiger partial charge is 0.482 e. The molecule has 2 aromatic rings. The van der Waals surface area contributed by atoms with E-state index < -0.39 is 5.60 Å². The maximum absolute atomic E-state index is 6.23. The van der Waals surface area contributed by atoms with Crippen LogP contribution in [-0.2, 0) is 0 Å². The lowest BCUT2D eigenvalue weighted by Crippen LogP contribution is -2.31. The summed E-state index contributed by atoms with van der Waals surface area (Å²) in [5, 5.41) is 1.83. The van der Waals surface area contributed by atoms with Gasteiger partial charge < -0.3 is 4.74 Å². The maximum atomic E-state index is 6.23. The van der Waals surface area contributed by atoms with Crippen molar-refractivity contribution in [1.29, 1.82) is 0 Å². The summed E-state index contributed by atoms with van der Waals surface area (Å²) in [5.41, 5.74) is 2.70. The third kappa shape index (κ3) is 1.68. The van der Waals surface area contributed by atoms with Crippen molar-refractivity contribution < 1.29 is 4.74 Å². The van der Waals surface area contributed by atoms with Crippen molar-refractivity contribution in [3.8, 4) is 5.75 Å². The van der Waals surface area contributed by atoms with E-state index in [1.54, 1.807) is 0 Å². The molecule has 0 atom stereocenters. The summed E-state index contributed by atoms with van der Waals surface area (Å²) in [6, 6.07) is 6.08. The van der Waals surface area contributed by atoms with Gasteiger partial charge in [0.15, 0.2) is 0 Å². The Hall–Kier alpha value is -1.54. The van der Waals surface area contributed by atoms with Gasteiger partial charge in [-0.3, -0.25) is 4.98 Å². The molecule has 0 N–H and O–H groups in total. The molecule has 92 valence electrons. The summed E-state index contributed by atoms with van der Waals surface area (Å²) in [7, 11) is 0. The van der Waals surface area contributed by atoms with Gasteiger partial charge in [-0.15, -0.1) is 0 Å². The van der Waals surface area contributed by atoms with Gasteiger partial charge in [0.25, 0.3) is 0 Å². The van der Waals surface area contributed by atoms with Crippen LogP contribution in [0.1, 0.15) is 25.0 Å². The van der Waals surface area contributed by atoms with Gasteiger partial charge in [-0.05, 0) is 50.6 Å². The molecule has 2 heterocycles. The summed E-state index contributed by atoms with van der Waals surface area (Å²) in [6.45, 7) is 6.01. The van der Waals surface area contributed by atoms with Crippen molar-refractivity contribution in [3.05, 3.63) is 40.6 Å². The Labute approximate surface area is 111 Å². The number of pyridine rings is 1. The number of rotatable bonds is 0. The number of aromatic nitrogens is 1. The van der Waals surface area contributed by atoms with E-state index in [0.29, 0.717) is 5.03 Å². The summed E-state index contributed by atoms with van der Waals surface area (Å²) in [5.74, 6) is 0.869. The molecule has 1 aromatic carbocycles. The van der Waals surface area contributed by atoms with Gasteiger partial charge in [0.1, 0.15) is 11.4 Å². The second kappa shape index (κ2) is 3.72. The fraction of sp³-hybridized carbons (Fsp3) is 0.267. The monoisotopic (exact) mass is 259 g/mol. The number of hydrogen-bond acceptors (Lipinski definition) is 2. The highest BCUT2D eigenvalue weighted by atomic mass is 35.5. The minimum atomic E-state index is -0.460. The molecule has 18 heavy (non-hydrogen) atoms. The van der Waals surface area contributed by atoms with Gasteiger partial charge in [-0.1, -0.05) is 11.6 Å². The molecule has 1 aliphatic heterocycles. The van der Waals surface area contributed by atoms with E-state index in [4.69, 9.17) is 16.3 Å². The zero-order valence-corrected chi connectivity index (χ0v) is 11.4. The number of hydrogen-bond donors (Lipinski definition) is 0. The lowest BCUT2D eigenvalue weighted by molar-refractivity contribution is 0.154. The number of aryl methyl sites for hydroxylation is 1. The normalized spacial score (nSPS) is 17.0. The lowest BCUT2D eigenvalue weighted by Gasteiger charge is -2.31. The molecule has 1 aromatic heterocycles. The Morgan fingerprint density at radius 1 is 1.28 bits per heavy atom. The summed E-state index contributed by atoms with van der Waals surface area (Å²) < 4.78 is 5.97. The van der Waals surface area contributed by atoms with Crippen LogP contribution in [0.5, 0.6) is 5.75 Å². The van der Waals surface area contributed by atoms with Crippen LogP contribution >= 0.6 is 11.6 Å². The Balaban J connectivity index is 2.29. The molecule has 0 amide bonds. The molecule has 2 nitrogen and oxygen atoms in total. The minimum Gasteiger partial charge on any atom is -0.482 e. The SMILES string of the molecule is Cc1ccnc2cc3c(cc12)OC(C)(C)C(Cl)=C3. The molecule has 0 saturated heterocycles. The van der Waals surface area contributed by atoms with Gasteiger partial charge in [-0.25, -0.2) is 0 Å². The highest BCUT2D eigenvalue weighted by Crippen LogP contribution is 2.39. The van der Waals surface area contributed by atoms with E-state index in [0.717, 1.165) is 22.2 Å². The second-order valence-electron chi connectivity index (χ2n) is 5.14. The van der Waals surface area contributed by atoms with Crippen LogP contribution < -0.4 is 4.74 Å². The number of fused-ring (bicyclic) bond motifs is 2.